The summed E-state index contributed by atoms with van der Waals surface area (Å²) in [4.78, 5) is 33.0. The lowest BCUT2D eigenvalue weighted by molar-refractivity contribution is -0.114. The van der Waals surface area contributed by atoms with Crippen LogP contribution in [0.4, 0.5) is 5.69 Å². The minimum absolute atomic E-state index is 0.00633. The van der Waals surface area contributed by atoms with E-state index in [2.05, 4.69) is 16.3 Å². The number of piperazine rings is 1. The fourth-order valence-electron chi connectivity index (χ4n) is 3.40. The van der Waals surface area contributed by atoms with Crippen molar-refractivity contribution in [1.82, 2.24) is 14.8 Å². The quantitative estimate of drug-likeness (QED) is 0.738. The highest BCUT2D eigenvalue weighted by Crippen LogP contribution is 2.23. The van der Waals surface area contributed by atoms with Crippen molar-refractivity contribution in [2.45, 2.75) is 13.5 Å². The molecule has 2 aromatic carbocycles. The van der Waals surface area contributed by atoms with Gasteiger partial charge in [-0.25, -0.2) is 4.98 Å². The van der Waals surface area contributed by atoms with E-state index in [1.54, 1.807) is 35.6 Å². The molecule has 0 saturated carbocycles. The summed E-state index contributed by atoms with van der Waals surface area (Å²) < 4.78 is 1.21. The van der Waals surface area contributed by atoms with Crippen LogP contribution in [-0.4, -0.2) is 52.8 Å². The highest BCUT2D eigenvalue weighted by atomic mass is 32.1. The smallest absolute Gasteiger partial charge is 0.254 e. The molecule has 144 valence electrons. The summed E-state index contributed by atoms with van der Waals surface area (Å²) in [6.45, 7) is 5.31. The van der Waals surface area contributed by atoms with Gasteiger partial charge < -0.3 is 10.2 Å². The number of nitrogens with zero attached hydrogens (tertiary/aromatic N) is 3. The number of rotatable bonds is 4. The Morgan fingerprint density at radius 1 is 1.07 bits per heavy atom. The Kier molecular flexibility index (Phi) is 5.36. The Hall–Kier alpha value is -2.77. The number of aromatic nitrogens is 1. The summed E-state index contributed by atoms with van der Waals surface area (Å²) in [7, 11) is 0. The molecule has 0 spiro atoms. The van der Waals surface area contributed by atoms with E-state index < -0.39 is 0 Å². The second kappa shape index (κ2) is 8.08. The second-order valence-corrected chi connectivity index (χ2v) is 8.02. The zero-order chi connectivity index (χ0) is 19.5. The van der Waals surface area contributed by atoms with E-state index >= 15 is 0 Å². The lowest BCUT2D eigenvalue weighted by atomic mass is 10.1. The van der Waals surface area contributed by atoms with Crippen LogP contribution in [0.5, 0.6) is 0 Å². The third kappa shape index (κ3) is 4.21. The van der Waals surface area contributed by atoms with Crippen molar-refractivity contribution in [3.05, 3.63) is 59.1 Å². The van der Waals surface area contributed by atoms with Crippen LogP contribution in [0.1, 0.15) is 22.3 Å². The van der Waals surface area contributed by atoms with Gasteiger partial charge in [0.15, 0.2) is 0 Å². The number of anilines is 1. The molecule has 28 heavy (non-hydrogen) atoms. The fraction of sp³-hybridized carbons (Fsp3) is 0.286. The van der Waals surface area contributed by atoms with Gasteiger partial charge in [-0.15, -0.1) is 11.3 Å². The van der Waals surface area contributed by atoms with Crippen molar-refractivity contribution in [2.75, 3.05) is 31.5 Å². The number of hydrogen-bond acceptors (Lipinski definition) is 5. The molecule has 0 bridgehead atoms. The Labute approximate surface area is 167 Å². The molecule has 2 amide bonds. The van der Waals surface area contributed by atoms with Crippen LogP contribution in [0.25, 0.3) is 10.2 Å². The van der Waals surface area contributed by atoms with E-state index in [1.165, 1.54) is 11.6 Å². The molecule has 1 N–H and O–H groups in total. The molecule has 1 aliphatic heterocycles. The molecule has 6 nitrogen and oxygen atoms in total. The van der Waals surface area contributed by atoms with Crippen LogP contribution in [0.3, 0.4) is 0 Å². The number of nitrogens with one attached hydrogen (secondary N) is 1. The lowest BCUT2D eigenvalue weighted by Gasteiger charge is -2.34. The third-order valence-corrected chi connectivity index (χ3v) is 5.81. The fourth-order valence-corrected chi connectivity index (χ4v) is 4.41. The van der Waals surface area contributed by atoms with Crippen LogP contribution in [0.15, 0.2) is 48.5 Å². The molecule has 7 heteroatoms. The molecule has 2 heterocycles. The first-order valence-electron chi connectivity index (χ1n) is 9.32. The predicted octanol–water partition coefficient (Wildman–Crippen LogP) is 3.21. The van der Waals surface area contributed by atoms with Crippen molar-refractivity contribution >= 4 is 39.1 Å². The first-order valence-corrected chi connectivity index (χ1v) is 10.1. The molecule has 4 rings (SSSR count). The molecule has 1 aromatic heterocycles. The van der Waals surface area contributed by atoms with Crippen molar-refractivity contribution in [3.8, 4) is 0 Å². The van der Waals surface area contributed by atoms with Gasteiger partial charge in [-0.3, -0.25) is 14.5 Å². The molecule has 0 radical (unpaired) electrons. The SMILES string of the molecule is CC(=O)Nc1cccc(C(=O)N2CCN(Cc3nc4ccccc4s3)CC2)c1. The molecule has 1 aliphatic rings. The molecule has 0 unspecified atom stereocenters. The van der Waals surface area contributed by atoms with Gasteiger partial charge in [0, 0.05) is 44.4 Å². The van der Waals surface area contributed by atoms with Gasteiger partial charge >= 0.3 is 0 Å². The predicted molar refractivity (Wildman–Crippen MR) is 112 cm³/mol. The number of thiazole rings is 1. The number of carbonyl (C=O) groups is 2. The number of hydrogen-bond donors (Lipinski definition) is 1. The maximum Gasteiger partial charge on any atom is 0.254 e. The first kappa shape index (κ1) is 18.6. The van der Waals surface area contributed by atoms with Crippen LogP contribution >= 0.6 is 11.3 Å². The topological polar surface area (TPSA) is 65.5 Å². The summed E-state index contributed by atoms with van der Waals surface area (Å²) in [5, 5.41) is 3.84. The number of carbonyl (C=O) groups excluding carboxylic acids is 2. The van der Waals surface area contributed by atoms with Crippen LogP contribution < -0.4 is 5.32 Å². The van der Waals surface area contributed by atoms with Gasteiger partial charge in [0.1, 0.15) is 5.01 Å². The summed E-state index contributed by atoms with van der Waals surface area (Å²) in [6, 6.07) is 15.3. The minimum atomic E-state index is -0.145. The highest BCUT2D eigenvalue weighted by Gasteiger charge is 2.23. The molecule has 1 saturated heterocycles. The zero-order valence-corrected chi connectivity index (χ0v) is 16.5. The Balaban J connectivity index is 1.35. The number of amides is 2. The number of benzene rings is 2. The van der Waals surface area contributed by atoms with Gasteiger partial charge in [-0.1, -0.05) is 18.2 Å². The molecule has 0 aliphatic carbocycles. The Morgan fingerprint density at radius 2 is 1.86 bits per heavy atom. The van der Waals surface area contributed by atoms with Crippen LogP contribution in [0.2, 0.25) is 0 Å². The molecular weight excluding hydrogens is 372 g/mol. The maximum absolute atomic E-state index is 12.8. The Bertz CT molecular complexity index is 975. The van der Waals surface area contributed by atoms with Gasteiger partial charge in [-0.05, 0) is 30.3 Å². The number of fused-ring (bicyclic) bond motifs is 1. The summed E-state index contributed by atoms with van der Waals surface area (Å²) in [5.74, 6) is -0.139. The van der Waals surface area contributed by atoms with E-state index in [4.69, 9.17) is 4.98 Å². The normalized spacial score (nSPS) is 15.0. The largest absolute Gasteiger partial charge is 0.336 e. The van der Waals surface area contributed by atoms with Gasteiger partial charge in [0.2, 0.25) is 5.91 Å². The standard InChI is InChI=1S/C21H22N4O2S/c1-15(26)22-17-6-4-5-16(13-17)21(27)25-11-9-24(10-12-25)14-20-23-18-7-2-3-8-19(18)28-20/h2-8,13H,9-12,14H2,1H3,(H,22,26). The average Bonchev–Trinajstić information content (AvgIpc) is 3.10. The molecule has 1 fully saturated rings. The van der Waals surface area contributed by atoms with Crippen molar-refractivity contribution in [3.63, 3.8) is 0 Å². The van der Waals surface area contributed by atoms with Crippen molar-refractivity contribution in [2.24, 2.45) is 0 Å². The third-order valence-electron chi connectivity index (χ3n) is 4.79. The number of para-hydroxylation sites is 1. The molecular formula is C21H22N4O2S. The summed E-state index contributed by atoms with van der Waals surface area (Å²) in [5.41, 5.74) is 2.30. The van der Waals surface area contributed by atoms with E-state index in [0.717, 1.165) is 30.2 Å². The molecule has 0 atom stereocenters. The summed E-state index contributed by atoms with van der Waals surface area (Å²) in [6.07, 6.45) is 0. The van der Waals surface area contributed by atoms with E-state index in [9.17, 15) is 9.59 Å². The van der Waals surface area contributed by atoms with Crippen LogP contribution in [-0.2, 0) is 11.3 Å². The maximum atomic E-state index is 12.8. The summed E-state index contributed by atoms with van der Waals surface area (Å²) >= 11 is 1.73. The second-order valence-electron chi connectivity index (χ2n) is 6.91. The Morgan fingerprint density at radius 3 is 2.61 bits per heavy atom. The van der Waals surface area contributed by atoms with E-state index in [0.29, 0.717) is 24.3 Å². The van der Waals surface area contributed by atoms with Crippen molar-refractivity contribution < 1.29 is 9.59 Å². The first-order chi connectivity index (χ1) is 13.6. The highest BCUT2D eigenvalue weighted by molar-refractivity contribution is 7.18. The van der Waals surface area contributed by atoms with Crippen molar-refractivity contribution in [1.29, 1.82) is 0 Å². The monoisotopic (exact) mass is 394 g/mol. The van der Waals surface area contributed by atoms with Gasteiger partial charge in [0.05, 0.1) is 16.8 Å². The van der Waals surface area contributed by atoms with E-state index in [-0.39, 0.29) is 11.8 Å². The van der Waals surface area contributed by atoms with Gasteiger partial charge in [0.25, 0.3) is 5.91 Å². The molecule has 3 aromatic rings. The van der Waals surface area contributed by atoms with Gasteiger partial charge in [-0.2, -0.15) is 0 Å². The average molecular weight is 395 g/mol. The van der Waals surface area contributed by atoms with Crippen LogP contribution in [0, 0.1) is 0 Å². The van der Waals surface area contributed by atoms with E-state index in [1.807, 2.05) is 23.1 Å². The zero-order valence-electron chi connectivity index (χ0n) is 15.7. The minimum Gasteiger partial charge on any atom is -0.336 e. The lowest BCUT2D eigenvalue weighted by Crippen LogP contribution is -2.48.